The largest absolute Gasteiger partial charge is 0.392 e. The van der Waals surface area contributed by atoms with Crippen molar-refractivity contribution in [3.63, 3.8) is 0 Å². The van der Waals surface area contributed by atoms with Crippen LogP contribution in [0, 0.1) is 0 Å². The number of nitrogens with one attached hydrogen (secondary N) is 1. The molecule has 0 spiro atoms. The van der Waals surface area contributed by atoms with Crippen LogP contribution in [-0.2, 0) is 11.3 Å². The summed E-state index contributed by atoms with van der Waals surface area (Å²) >= 11 is 5.83. The average Bonchev–Trinajstić information content (AvgIpc) is 2.31. The molecule has 0 bridgehead atoms. The fourth-order valence-corrected chi connectivity index (χ4v) is 1.94. The van der Waals surface area contributed by atoms with Crippen LogP contribution in [0.3, 0.4) is 0 Å². The van der Waals surface area contributed by atoms with Crippen LogP contribution in [0.5, 0.6) is 0 Å². The van der Waals surface area contributed by atoms with Gasteiger partial charge in [0.05, 0.1) is 6.61 Å². The van der Waals surface area contributed by atoms with E-state index in [4.69, 9.17) is 16.3 Å². The highest BCUT2D eigenvalue weighted by Crippen LogP contribution is 2.22. The highest BCUT2D eigenvalue weighted by Gasteiger charge is 2.15. The van der Waals surface area contributed by atoms with Gasteiger partial charge in [-0.05, 0) is 18.9 Å². The van der Waals surface area contributed by atoms with Crippen molar-refractivity contribution in [3.05, 3.63) is 23.0 Å². The maximum absolute atomic E-state index is 9.19. The van der Waals surface area contributed by atoms with Gasteiger partial charge in [-0.1, -0.05) is 11.6 Å². The van der Waals surface area contributed by atoms with Gasteiger partial charge in [-0.3, -0.25) is 0 Å². The zero-order chi connectivity index (χ0) is 11.4. The number of hydrogen-bond donors (Lipinski definition) is 2. The molecule has 1 saturated heterocycles. The van der Waals surface area contributed by atoms with E-state index in [0.717, 1.165) is 37.3 Å². The molecular formula is C11H15ClN2O2. The van der Waals surface area contributed by atoms with Crippen molar-refractivity contribution in [3.8, 4) is 0 Å². The quantitative estimate of drug-likeness (QED) is 0.794. The summed E-state index contributed by atoms with van der Waals surface area (Å²) in [6, 6.07) is 2.14. The number of ether oxygens (including phenoxy) is 1. The van der Waals surface area contributed by atoms with Gasteiger partial charge in [-0.2, -0.15) is 0 Å². The van der Waals surface area contributed by atoms with Gasteiger partial charge >= 0.3 is 0 Å². The third kappa shape index (κ3) is 2.84. The van der Waals surface area contributed by atoms with Gasteiger partial charge < -0.3 is 15.2 Å². The van der Waals surface area contributed by atoms with Gasteiger partial charge in [-0.15, -0.1) is 0 Å². The van der Waals surface area contributed by atoms with E-state index < -0.39 is 0 Å². The van der Waals surface area contributed by atoms with E-state index in [1.165, 1.54) is 0 Å². The fourth-order valence-electron chi connectivity index (χ4n) is 1.78. The van der Waals surface area contributed by atoms with Gasteiger partial charge in [0, 0.05) is 36.7 Å². The summed E-state index contributed by atoms with van der Waals surface area (Å²) < 4.78 is 5.29. The number of aliphatic hydroxyl groups is 1. The molecule has 0 aliphatic carbocycles. The lowest BCUT2D eigenvalue weighted by Gasteiger charge is -2.25. The molecule has 2 rings (SSSR count). The maximum Gasteiger partial charge on any atom is 0.131 e. The molecular weight excluding hydrogens is 228 g/mol. The second kappa shape index (κ2) is 5.48. The summed E-state index contributed by atoms with van der Waals surface area (Å²) in [4.78, 5) is 3.94. The summed E-state index contributed by atoms with van der Waals surface area (Å²) in [6.45, 7) is 1.53. The van der Waals surface area contributed by atoms with Crippen LogP contribution in [0.1, 0.15) is 18.4 Å². The molecule has 0 radical (unpaired) electrons. The number of hydrogen-bond acceptors (Lipinski definition) is 4. The topological polar surface area (TPSA) is 54.4 Å². The Morgan fingerprint density at radius 3 is 2.94 bits per heavy atom. The molecule has 2 N–H and O–H groups in total. The molecule has 1 aromatic heterocycles. The summed E-state index contributed by atoms with van der Waals surface area (Å²) in [5.41, 5.74) is 1.64. The first kappa shape index (κ1) is 11.6. The third-order valence-electron chi connectivity index (χ3n) is 2.70. The summed E-state index contributed by atoms with van der Waals surface area (Å²) in [5, 5.41) is 13.0. The highest BCUT2D eigenvalue weighted by molar-refractivity contribution is 6.29. The molecule has 0 aromatic carbocycles. The number of aliphatic hydroxyl groups excluding tert-OH is 1. The fraction of sp³-hybridized carbons (Fsp3) is 0.545. The van der Waals surface area contributed by atoms with Gasteiger partial charge in [0.25, 0.3) is 0 Å². The van der Waals surface area contributed by atoms with Crippen molar-refractivity contribution in [1.82, 2.24) is 4.98 Å². The van der Waals surface area contributed by atoms with Crippen LogP contribution in [0.4, 0.5) is 5.69 Å². The summed E-state index contributed by atoms with van der Waals surface area (Å²) in [5.74, 6) is 0. The monoisotopic (exact) mass is 242 g/mol. The van der Waals surface area contributed by atoms with E-state index in [0.29, 0.717) is 11.2 Å². The molecule has 0 atom stereocenters. The van der Waals surface area contributed by atoms with Crippen LogP contribution in [-0.4, -0.2) is 29.3 Å². The summed E-state index contributed by atoms with van der Waals surface area (Å²) in [7, 11) is 0. The Hall–Kier alpha value is -0.840. The van der Waals surface area contributed by atoms with Gasteiger partial charge in [0.2, 0.25) is 0 Å². The Balaban J connectivity index is 2.09. The predicted octanol–water partition coefficient (Wildman–Crippen LogP) is 1.82. The lowest BCUT2D eigenvalue weighted by molar-refractivity contribution is 0.0904. The van der Waals surface area contributed by atoms with Gasteiger partial charge in [0.1, 0.15) is 5.15 Å². The molecule has 5 heteroatoms. The predicted molar refractivity (Wildman–Crippen MR) is 62.6 cm³/mol. The molecule has 2 heterocycles. The van der Waals surface area contributed by atoms with E-state index >= 15 is 0 Å². The maximum atomic E-state index is 9.19. The van der Waals surface area contributed by atoms with Gasteiger partial charge in [-0.25, -0.2) is 4.98 Å². The number of rotatable bonds is 3. The number of halogens is 1. The SMILES string of the molecule is OCc1cnc(Cl)cc1NC1CCOCC1. The highest BCUT2D eigenvalue weighted by atomic mass is 35.5. The minimum absolute atomic E-state index is 0.0320. The minimum atomic E-state index is -0.0320. The van der Waals surface area contributed by atoms with Crippen LogP contribution < -0.4 is 5.32 Å². The molecule has 16 heavy (non-hydrogen) atoms. The normalized spacial score (nSPS) is 17.4. The molecule has 0 amide bonds. The van der Waals surface area contributed by atoms with Crippen molar-refractivity contribution in [1.29, 1.82) is 0 Å². The standard InChI is InChI=1S/C11H15ClN2O2/c12-11-5-10(8(7-15)6-13-11)14-9-1-3-16-4-2-9/h5-6,9,15H,1-4,7H2,(H,13,14). The Morgan fingerprint density at radius 2 is 2.25 bits per heavy atom. The zero-order valence-corrected chi connectivity index (χ0v) is 9.70. The Bertz CT molecular complexity index is 354. The van der Waals surface area contributed by atoms with Gasteiger partial charge in [0.15, 0.2) is 0 Å². The Labute approximate surface area is 99.6 Å². The lowest BCUT2D eigenvalue weighted by atomic mass is 10.1. The number of aromatic nitrogens is 1. The molecule has 4 nitrogen and oxygen atoms in total. The molecule has 0 unspecified atom stereocenters. The average molecular weight is 243 g/mol. The molecule has 1 aromatic rings. The molecule has 1 fully saturated rings. The van der Waals surface area contributed by atoms with E-state index in [1.807, 2.05) is 0 Å². The molecule has 0 saturated carbocycles. The van der Waals surface area contributed by atoms with Crippen molar-refractivity contribution in [2.75, 3.05) is 18.5 Å². The van der Waals surface area contributed by atoms with Crippen molar-refractivity contribution in [2.45, 2.75) is 25.5 Å². The van der Waals surface area contributed by atoms with Crippen LogP contribution in [0.25, 0.3) is 0 Å². The van der Waals surface area contributed by atoms with Crippen molar-refractivity contribution >= 4 is 17.3 Å². The zero-order valence-electron chi connectivity index (χ0n) is 8.95. The van der Waals surface area contributed by atoms with E-state index in [-0.39, 0.29) is 6.61 Å². The van der Waals surface area contributed by atoms with Crippen molar-refractivity contribution in [2.24, 2.45) is 0 Å². The number of nitrogens with zero attached hydrogens (tertiary/aromatic N) is 1. The first-order valence-corrected chi connectivity index (χ1v) is 5.77. The Morgan fingerprint density at radius 1 is 1.50 bits per heavy atom. The molecule has 1 aliphatic heterocycles. The summed E-state index contributed by atoms with van der Waals surface area (Å²) in [6.07, 6.45) is 3.56. The van der Waals surface area contributed by atoms with E-state index in [9.17, 15) is 5.11 Å². The van der Waals surface area contributed by atoms with Crippen LogP contribution in [0.15, 0.2) is 12.3 Å². The Kier molecular flexibility index (Phi) is 3.98. The number of pyridine rings is 1. The minimum Gasteiger partial charge on any atom is -0.392 e. The first-order chi connectivity index (χ1) is 7.79. The van der Waals surface area contributed by atoms with Crippen LogP contribution >= 0.6 is 11.6 Å². The first-order valence-electron chi connectivity index (χ1n) is 5.39. The lowest BCUT2D eigenvalue weighted by Crippen LogP contribution is -2.28. The van der Waals surface area contributed by atoms with Crippen LogP contribution in [0.2, 0.25) is 5.15 Å². The van der Waals surface area contributed by atoms with E-state index in [2.05, 4.69) is 10.3 Å². The third-order valence-corrected chi connectivity index (χ3v) is 2.91. The second-order valence-electron chi connectivity index (χ2n) is 3.85. The second-order valence-corrected chi connectivity index (χ2v) is 4.24. The van der Waals surface area contributed by atoms with Crippen molar-refractivity contribution < 1.29 is 9.84 Å². The smallest absolute Gasteiger partial charge is 0.131 e. The molecule has 1 aliphatic rings. The number of anilines is 1. The molecule has 88 valence electrons. The van der Waals surface area contributed by atoms with E-state index in [1.54, 1.807) is 12.3 Å².